The number of nitrogens with one attached hydrogen (secondary N) is 2. The number of rotatable bonds is 6. The summed E-state index contributed by atoms with van der Waals surface area (Å²) in [5.41, 5.74) is 0. The van der Waals surface area contributed by atoms with Gasteiger partial charge in [-0.2, -0.15) is 0 Å². The molecular weight excluding hydrogens is 266 g/mol. The second-order valence-corrected chi connectivity index (χ2v) is 4.61. The fourth-order valence-electron chi connectivity index (χ4n) is 1.96. The number of hydrogen-bond donors (Lipinski definition) is 3. The van der Waals surface area contributed by atoms with Gasteiger partial charge in [-0.1, -0.05) is 0 Å². The van der Waals surface area contributed by atoms with Gasteiger partial charge in [-0.15, -0.1) is 0 Å². The largest absolute Gasteiger partial charge is 0.481 e. The monoisotopic (exact) mass is 287 g/mol. The van der Waals surface area contributed by atoms with Gasteiger partial charge in [0, 0.05) is 19.7 Å². The van der Waals surface area contributed by atoms with Crippen LogP contribution in [0.3, 0.4) is 0 Å². The van der Waals surface area contributed by atoms with Crippen LogP contribution in [0.4, 0.5) is 4.79 Å². The van der Waals surface area contributed by atoms with Gasteiger partial charge in [0.1, 0.15) is 6.04 Å². The van der Waals surface area contributed by atoms with E-state index in [4.69, 9.17) is 9.84 Å². The predicted octanol–water partition coefficient (Wildman–Crippen LogP) is -0.604. The molecule has 3 amide bonds. The molecule has 0 aromatic carbocycles. The lowest BCUT2D eigenvalue weighted by Gasteiger charge is -2.34. The Morgan fingerprint density at radius 2 is 2.30 bits per heavy atom. The van der Waals surface area contributed by atoms with Crippen molar-refractivity contribution >= 4 is 17.9 Å². The number of hydrogen-bond acceptors (Lipinski definition) is 4. The molecule has 1 rings (SSSR count). The van der Waals surface area contributed by atoms with E-state index < -0.39 is 30.4 Å². The molecule has 0 aliphatic carbocycles. The number of aliphatic carboxylic acids is 1. The van der Waals surface area contributed by atoms with Crippen LogP contribution in [0, 0.1) is 0 Å². The summed E-state index contributed by atoms with van der Waals surface area (Å²) in [6.45, 7) is 5.16. The Hall–Kier alpha value is -1.83. The Labute approximate surface area is 117 Å². The molecule has 0 radical (unpaired) electrons. The average Bonchev–Trinajstić information content (AvgIpc) is 2.38. The van der Waals surface area contributed by atoms with Crippen LogP contribution in [0.15, 0.2) is 0 Å². The molecule has 8 heteroatoms. The Balaban J connectivity index is 2.62. The SMILES string of the molecule is CCOCC(C)NC(=O)N1CCNC(=O)C1CC(=O)O. The van der Waals surface area contributed by atoms with Gasteiger partial charge in [0.25, 0.3) is 0 Å². The van der Waals surface area contributed by atoms with Crippen LogP contribution in [0.25, 0.3) is 0 Å². The van der Waals surface area contributed by atoms with Crippen molar-refractivity contribution < 1.29 is 24.2 Å². The van der Waals surface area contributed by atoms with Gasteiger partial charge in [-0.25, -0.2) is 4.79 Å². The number of carboxylic acids is 1. The summed E-state index contributed by atoms with van der Waals surface area (Å²) in [5, 5.41) is 14.1. The number of urea groups is 1. The maximum atomic E-state index is 12.1. The molecule has 2 atom stereocenters. The van der Waals surface area contributed by atoms with Gasteiger partial charge in [0.2, 0.25) is 5.91 Å². The molecule has 1 heterocycles. The van der Waals surface area contributed by atoms with Crippen molar-refractivity contribution in [2.24, 2.45) is 0 Å². The lowest BCUT2D eigenvalue weighted by Crippen LogP contribution is -2.60. The van der Waals surface area contributed by atoms with Crippen LogP contribution in [-0.4, -0.2) is 66.3 Å². The van der Waals surface area contributed by atoms with Crippen molar-refractivity contribution in [2.45, 2.75) is 32.4 Å². The highest BCUT2D eigenvalue weighted by molar-refractivity contribution is 5.91. The number of amides is 3. The first-order valence-corrected chi connectivity index (χ1v) is 6.60. The number of piperazine rings is 1. The molecular formula is C12H21N3O5. The van der Waals surface area contributed by atoms with Crippen LogP contribution in [-0.2, 0) is 14.3 Å². The van der Waals surface area contributed by atoms with Crippen molar-refractivity contribution in [1.82, 2.24) is 15.5 Å². The van der Waals surface area contributed by atoms with E-state index in [1.54, 1.807) is 6.92 Å². The molecule has 20 heavy (non-hydrogen) atoms. The van der Waals surface area contributed by atoms with Crippen molar-refractivity contribution in [3.8, 4) is 0 Å². The van der Waals surface area contributed by atoms with Crippen molar-refractivity contribution in [3.63, 3.8) is 0 Å². The van der Waals surface area contributed by atoms with E-state index in [1.165, 1.54) is 4.90 Å². The third-order valence-corrected chi connectivity index (χ3v) is 2.90. The Bertz CT molecular complexity index is 374. The average molecular weight is 287 g/mol. The number of ether oxygens (including phenoxy) is 1. The smallest absolute Gasteiger partial charge is 0.318 e. The second kappa shape index (κ2) is 7.68. The molecule has 1 saturated heterocycles. The Kier molecular flexibility index (Phi) is 6.23. The summed E-state index contributed by atoms with van der Waals surface area (Å²) in [5.74, 6) is -1.56. The molecule has 0 bridgehead atoms. The number of carbonyl (C=O) groups is 3. The highest BCUT2D eigenvalue weighted by Gasteiger charge is 2.34. The first kappa shape index (κ1) is 16.2. The number of nitrogens with zero attached hydrogens (tertiary/aromatic N) is 1. The summed E-state index contributed by atoms with van der Waals surface area (Å²) < 4.78 is 5.19. The molecule has 0 saturated carbocycles. The van der Waals surface area contributed by atoms with Gasteiger partial charge in [0.15, 0.2) is 0 Å². The molecule has 0 spiro atoms. The molecule has 1 fully saturated rings. The minimum atomic E-state index is -1.12. The molecule has 0 aromatic rings. The maximum absolute atomic E-state index is 12.1. The standard InChI is InChI=1S/C12H21N3O5/c1-3-20-7-8(2)14-12(19)15-5-4-13-11(18)9(15)6-10(16)17/h8-9H,3-7H2,1-2H3,(H,13,18)(H,14,19)(H,16,17). The van der Waals surface area contributed by atoms with Crippen LogP contribution >= 0.6 is 0 Å². The van der Waals surface area contributed by atoms with E-state index in [-0.39, 0.29) is 12.6 Å². The molecule has 1 aliphatic rings. The van der Waals surface area contributed by atoms with Crippen LogP contribution < -0.4 is 10.6 Å². The fraction of sp³-hybridized carbons (Fsp3) is 0.750. The Morgan fingerprint density at radius 3 is 2.90 bits per heavy atom. The quantitative estimate of drug-likeness (QED) is 0.604. The van der Waals surface area contributed by atoms with Crippen LogP contribution in [0.5, 0.6) is 0 Å². The molecule has 0 aromatic heterocycles. The zero-order chi connectivity index (χ0) is 15.1. The molecule has 8 nitrogen and oxygen atoms in total. The zero-order valence-corrected chi connectivity index (χ0v) is 11.7. The van der Waals surface area contributed by atoms with E-state index in [2.05, 4.69) is 10.6 Å². The maximum Gasteiger partial charge on any atom is 0.318 e. The zero-order valence-electron chi connectivity index (χ0n) is 11.7. The molecule has 2 unspecified atom stereocenters. The minimum Gasteiger partial charge on any atom is -0.481 e. The van der Waals surface area contributed by atoms with Gasteiger partial charge < -0.3 is 25.4 Å². The third-order valence-electron chi connectivity index (χ3n) is 2.90. The summed E-state index contributed by atoms with van der Waals surface area (Å²) in [7, 11) is 0. The van der Waals surface area contributed by atoms with E-state index in [1.807, 2.05) is 6.92 Å². The highest BCUT2D eigenvalue weighted by atomic mass is 16.5. The topological polar surface area (TPSA) is 108 Å². The summed E-state index contributed by atoms with van der Waals surface area (Å²) in [4.78, 5) is 35.8. The number of carbonyl (C=O) groups excluding carboxylic acids is 2. The van der Waals surface area contributed by atoms with Gasteiger partial charge >= 0.3 is 12.0 Å². The lowest BCUT2D eigenvalue weighted by atomic mass is 10.1. The molecule has 1 aliphatic heterocycles. The van der Waals surface area contributed by atoms with Gasteiger partial charge in [-0.05, 0) is 13.8 Å². The molecule has 3 N–H and O–H groups in total. The first-order valence-electron chi connectivity index (χ1n) is 6.60. The van der Waals surface area contributed by atoms with Gasteiger partial charge in [0.05, 0.1) is 19.1 Å². The number of carboxylic acid groups (broad SMARTS) is 1. The normalized spacial score (nSPS) is 20.2. The van der Waals surface area contributed by atoms with Gasteiger partial charge in [-0.3, -0.25) is 9.59 Å². The summed E-state index contributed by atoms with van der Waals surface area (Å²) in [6, 6.07) is -1.63. The summed E-state index contributed by atoms with van der Waals surface area (Å²) in [6.07, 6.45) is -0.404. The van der Waals surface area contributed by atoms with Crippen molar-refractivity contribution in [1.29, 1.82) is 0 Å². The molecule has 114 valence electrons. The van der Waals surface area contributed by atoms with Crippen molar-refractivity contribution in [3.05, 3.63) is 0 Å². The fourth-order valence-corrected chi connectivity index (χ4v) is 1.96. The van der Waals surface area contributed by atoms with Crippen LogP contribution in [0.2, 0.25) is 0 Å². The minimum absolute atomic E-state index is 0.210. The van der Waals surface area contributed by atoms with Crippen molar-refractivity contribution in [2.75, 3.05) is 26.3 Å². The summed E-state index contributed by atoms with van der Waals surface area (Å²) >= 11 is 0. The van der Waals surface area contributed by atoms with Crippen LogP contribution in [0.1, 0.15) is 20.3 Å². The lowest BCUT2D eigenvalue weighted by molar-refractivity contribution is -0.142. The van der Waals surface area contributed by atoms with E-state index >= 15 is 0 Å². The first-order chi connectivity index (χ1) is 9.45. The van der Waals surface area contributed by atoms with E-state index in [9.17, 15) is 14.4 Å². The predicted molar refractivity (Wildman–Crippen MR) is 70.2 cm³/mol. The Morgan fingerprint density at radius 1 is 1.60 bits per heavy atom. The second-order valence-electron chi connectivity index (χ2n) is 4.61. The van der Waals surface area contributed by atoms with E-state index in [0.717, 1.165) is 0 Å². The van der Waals surface area contributed by atoms with E-state index in [0.29, 0.717) is 19.8 Å². The highest BCUT2D eigenvalue weighted by Crippen LogP contribution is 2.09. The third kappa shape index (κ3) is 4.69.